The summed E-state index contributed by atoms with van der Waals surface area (Å²) in [5.41, 5.74) is 1.27. The summed E-state index contributed by atoms with van der Waals surface area (Å²) in [6.45, 7) is 5.41. The molecular weight excluding hydrogens is 368 g/mol. The molecule has 0 saturated carbocycles. The Labute approximate surface area is 160 Å². The zero-order valence-corrected chi connectivity index (χ0v) is 16.6. The topological polar surface area (TPSA) is 74.7 Å². The first-order chi connectivity index (χ1) is 12.9. The first-order valence-corrected chi connectivity index (χ1v) is 11.1. The van der Waals surface area contributed by atoms with Crippen LogP contribution in [0.1, 0.15) is 5.56 Å². The highest BCUT2D eigenvalue weighted by molar-refractivity contribution is 7.88. The summed E-state index contributed by atoms with van der Waals surface area (Å²) in [6.07, 6.45) is 1.11. The molecule has 0 bridgehead atoms. The van der Waals surface area contributed by atoms with Crippen molar-refractivity contribution in [2.75, 3.05) is 52.6 Å². The molecule has 2 saturated heterocycles. The van der Waals surface area contributed by atoms with Crippen LogP contribution in [0, 0.1) is 5.92 Å². The molecule has 0 aliphatic carbocycles. The van der Waals surface area contributed by atoms with Gasteiger partial charge in [0, 0.05) is 39.3 Å². The predicted octanol–water partition coefficient (Wildman–Crippen LogP) is 0.417. The van der Waals surface area contributed by atoms with Gasteiger partial charge in [-0.15, -0.1) is 0 Å². The Morgan fingerprint density at radius 3 is 2.48 bits per heavy atom. The van der Waals surface area contributed by atoms with Crippen LogP contribution in [0.5, 0.6) is 5.75 Å². The van der Waals surface area contributed by atoms with E-state index in [2.05, 4.69) is 27.1 Å². The largest absolute Gasteiger partial charge is 0.497 e. The Balaban J connectivity index is 1.32. The maximum absolute atomic E-state index is 11.8. The van der Waals surface area contributed by atoms with E-state index in [1.165, 1.54) is 16.1 Å². The average Bonchev–Trinajstić information content (AvgIpc) is 3.24. The number of hydrogen-bond acceptors (Lipinski definition) is 7. The normalized spacial score (nSPS) is 26.6. The lowest BCUT2D eigenvalue weighted by atomic mass is 10.0. The van der Waals surface area contributed by atoms with Gasteiger partial charge in [0.15, 0.2) is 11.9 Å². The fraction of sp³-hybridized carbons (Fsp3) is 0.611. The van der Waals surface area contributed by atoms with Gasteiger partial charge in [0.25, 0.3) is 0 Å². The quantitative estimate of drug-likeness (QED) is 0.737. The number of rotatable bonds is 4. The molecule has 0 radical (unpaired) electrons. The van der Waals surface area contributed by atoms with Crippen molar-refractivity contribution in [3.05, 3.63) is 29.8 Å². The third-order valence-electron chi connectivity index (χ3n) is 5.58. The molecule has 2 atom stereocenters. The first-order valence-electron chi connectivity index (χ1n) is 9.23. The summed E-state index contributed by atoms with van der Waals surface area (Å²) in [5.74, 6) is 1.83. The van der Waals surface area contributed by atoms with Crippen molar-refractivity contribution in [1.82, 2.24) is 14.1 Å². The van der Waals surface area contributed by atoms with Gasteiger partial charge < -0.3 is 14.5 Å². The zero-order valence-electron chi connectivity index (χ0n) is 15.7. The summed E-state index contributed by atoms with van der Waals surface area (Å²) in [5, 5.41) is 4.28. The number of hydrogen-bond donors (Lipinski definition) is 0. The minimum absolute atomic E-state index is 0.0489. The van der Waals surface area contributed by atoms with Crippen LogP contribution in [0.3, 0.4) is 0 Å². The molecule has 1 aromatic carbocycles. The molecule has 2 fully saturated rings. The van der Waals surface area contributed by atoms with Crippen LogP contribution >= 0.6 is 0 Å². The summed E-state index contributed by atoms with van der Waals surface area (Å²) >= 11 is 0. The fourth-order valence-corrected chi connectivity index (χ4v) is 4.82. The van der Waals surface area contributed by atoms with Gasteiger partial charge in [-0.2, -0.15) is 4.31 Å². The second-order valence-corrected chi connectivity index (χ2v) is 9.37. The Morgan fingerprint density at radius 1 is 1.15 bits per heavy atom. The fourth-order valence-electron chi connectivity index (χ4n) is 3.97. The van der Waals surface area contributed by atoms with Gasteiger partial charge in [-0.05, 0) is 17.7 Å². The molecule has 1 aromatic rings. The molecule has 148 valence electrons. The minimum Gasteiger partial charge on any atom is -0.497 e. The third kappa shape index (κ3) is 3.90. The van der Waals surface area contributed by atoms with Crippen LogP contribution in [-0.2, 0) is 21.4 Å². The maximum atomic E-state index is 11.8. The summed E-state index contributed by atoms with van der Waals surface area (Å²) in [7, 11) is -1.51. The highest BCUT2D eigenvalue weighted by atomic mass is 32.2. The van der Waals surface area contributed by atoms with E-state index in [-0.39, 0.29) is 12.0 Å². The van der Waals surface area contributed by atoms with Gasteiger partial charge in [-0.1, -0.05) is 17.3 Å². The van der Waals surface area contributed by atoms with E-state index in [9.17, 15) is 8.42 Å². The molecule has 27 heavy (non-hydrogen) atoms. The van der Waals surface area contributed by atoms with E-state index in [0.29, 0.717) is 13.1 Å². The number of ether oxygens (including phenoxy) is 1. The number of piperazine rings is 1. The highest BCUT2D eigenvalue weighted by Crippen LogP contribution is 2.30. The molecule has 4 rings (SSSR count). The smallest absolute Gasteiger partial charge is 0.211 e. The van der Waals surface area contributed by atoms with E-state index < -0.39 is 10.0 Å². The van der Waals surface area contributed by atoms with Crippen molar-refractivity contribution in [2.45, 2.75) is 12.6 Å². The molecule has 8 nitrogen and oxygen atoms in total. The molecule has 2 unspecified atom stereocenters. The molecule has 3 aliphatic heterocycles. The first kappa shape index (κ1) is 18.5. The number of oxime groups is 1. The van der Waals surface area contributed by atoms with Crippen LogP contribution in [0.25, 0.3) is 0 Å². The second kappa shape index (κ2) is 7.29. The summed E-state index contributed by atoms with van der Waals surface area (Å²) in [4.78, 5) is 10.2. The number of amidine groups is 1. The van der Waals surface area contributed by atoms with Crippen molar-refractivity contribution in [3.8, 4) is 5.75 Å². The van der Waals surface area contributed by atoms with E-state index >= 15 is 0 Å². The van der Waals surface area contributed by atoms with E-state index in [0.717, 1.165) is 44.3 Å². The van der Waals surface area contributed by atoms with Crippen LogP contribution in [0.4, 0.5) is 0 Å². The van der Waals surface area contributed by atoms with Gasteiger partial charge in [0.05, 0.1) is 25.8 Å². The van der Waals surface area contributed by atoms with E-state index in [4.69, 9.17) is 9.57 Å². The molecule has 9 heteroatoms. The van der Waals surface area contributed by atoms with Crippen LogP contribution in [0.15, 0.2) is 29.4 Å². The molecule has 0 N–H and O–H groups in total. The van der Waals surface area contributed by atoms with Gasteiger partial charge in [0.1, 0.15) is 5.75 Å². The highest BCUT2D eigenvalue weighted by Gasteiger charge is 2.47. The second-order valence-electron chi connectivity index (χ2n) is 7.39. The van der Waals surface area contributed by atoms with Gasteiger partial charge in [-0.3, -0.25) is 4.90 Å². The predicted molar refractivity (Wildman–Crippen MR) is 102 cm³/mol. The Morgan fingerprint density at radius 2 is 1.85 bits per heavy atom. The molecule has 0 aromatic heterocycles. The Hall–Kier alpha value is -1.84. The van der Waals surface area contributed by atoms with Crippen LogP contribution < -0.4 is 4.74 Å². The average molecular weight is 394 g/mol. The zero-order chi connectivity index (χ0) is 19.0. The third-order valence-corrected chi connectivity index (χ3v) is 6.81. The Bertz CT molecular complexity index is 803. The maximum Gasteiger partial charge on any atom is 0.211 e. The molecular formula is C18H26N4O4S. The summed E-state index contributed by atoms with van der Waals surface area (Å²) in [6, 6.07) is 8.18. The number of fused-ring (bicyclic) bond motifs is 1. The SMILES string of the molecule is COc1ccc(CN2CCN(C3=NOC4CN(S(C)(=O)=O)CC34)CC2)cc1. The van der Waals surface area contributed by atoms with Gasteiger partial charge >= 0.3 is 0 Å². The number of benzene rings is 1. The van der Waals surface area contributed by atoms with E-state index in [1.54, 1.807) is 7.11 Å². The molecule has 0 spiro atoms. The molecule has 3 aliphatic rings. The van der Waals surface area contributed by atoms with Crippen molar-refractivity contribution in [3.63, 3.8) is 0 Å². The molecule has 0 amide bonds. The number of sulfonamides is 1. The van der Waals surface area contributed by atoms with Gasteiger partial charge in [-0.25, -0.2) is 8.42 Å². The lowest BCUT2D eigenvalue weighted by Gasteiger charge is -2.36. The Kier molecular flexibility index (Phi) is 5.00. The van der Waals surface area contributed by atoms with Gasteiger partial charge in [0.2, 0.25) is 10.0 Å². The molecule has 3 heterocycles. The van der Waals surface area contributed by atoms with Crippen molar-refractivity contribution in [2.24, 2.45) is 11.1 Å². The lowest BCUT2D eigenvalue weighted by Crippen LogP contribution is -2.50. The van der Waals surface area contributed by atoms with Crippen molar-refractivity contribution >= 4 is 15.9 Å². The van der Waals surface area contributed by atoms with Crippen molar-refractivity contribution < 1.29 is 18.0 Å². The monoisotopic (exact) mass is 394 g/mol. The number of methoxy groups -OCH3 is 1. The minimum atomic E-state index is -3.18. The van der Waals surface area contributed by atoms with Crippen molar-refractivity contribution in [1.29, 1.82) is 0 Å². The standard InChI is InChI=1S/C18H26N4O4S/c1-25-15-5-3-14(4-6-15)11-20-7-9-21(10-8-20)18-16-12-22(27(2,23)24)13-17(16)26-19-18/h3-6,16-17H,7-13H2,1-2H3. The van der Waals surface area contributed by atoms with Crippen LogP contribution in [-0.4, -0.2) is 87.1 Å². The van der Waals surface area contributed by atoms with E-state index in [1.807, 2.05) is 12.1 Å². The van der Waals surface area contributed by atoms with Crippen LogP contribution in [0.2, 0.25) is 0 Å². The summed E-state index contributed by atoms with van der Waals surface area (Å²) < 4.78 is 30.3. The number of nitrogens with zero attached hydrogens (tertiary/aromatic N) is 4. The lowest BCUT2D eigenvalue weighted by molar-refractivity contribution is 0.0803.